The van der Waals surface area contributed by atoms with Gasteiger partial charge in [-0.2, -0.15) is 5.10 Å². The van der Waals surface area contributed by atoms with Crippen LogP contribution in [0.3, 0.4) is 0 Å². The van der Waals surface area contributed by atoms with E-state index in [0.717, 1.165) is 16.8 Å². The van der Waals surface area contributed by atoms with E-state index in [2.05, 4.69) is 0 Å². The number of rotatable bonds is 6. The Kier molecular flexibility index (Phi) is 7.70. The molecule has 4 rings (SSSR count). The number of nitrogens with zero attached hydrogens (tertiary/aromatic N) is 4. The van der Waals surface area contributed by atoms with E-state index in [0.29, 0.717) is 50.0 Å². The molecule has 0 radical (unpaired) electrons. The molecule has 0 spiro atoms. The highest BCUT2D eigenvalue weighted by Crippen LogP contribution is 2.37. The number of para-hydroxylation sites is 1. The van der Waals surface area contributed by atoms with Crippen LogP contribution in [0, 0.1) is 0 Å². The predicted octanol–water partition coefficient (Wildman–Crippen LogP) is 3.80. The number of methoxy groups -OCH3 is 1. The van der Waals surface area contributed by atoms with Crippen LogP contribution in [-0.4, -0.2) is 79.0 Å². The highest BCUT2D eigenvalue weighted by atomic mass is 35.5. The number of benzene rings is 2. The summed E-state index contributed by atoms with van der Waals surface area (Å²) in [5.74, 6) is 0.600. The van der Waals surface area contributed by atoms with Gasteiger partial charge in [0.25, 0.3) is 5.91 Å². The number of hydrogen-bond acceptors (Lipinski definition) is 6. The van der Waals surface area contributed by atoms with Crippen molar-refractivity contribution in [1.29, 1.82) is 0 Å². The minimum absolute atomic E-state index is 0.112. The zero-order valence-corrected chi connectivity index (χ0v) is 20.2. The molecule has 2 heterocycles. The molecule has 1 atom stereocenters. The molecule has 2 aromatic rings. The zero-order chi connectivity index (χ0) is 24.1. The van der Waals surface area contributed by atoms with Crippen molar-refractivity contribution < 1.29 is 19.1 Å². The minimum atomic E-state index is -0.308. The molecule has 0 aliphatic carbocycles. The summed E-state index contributed by atoms with van der Waals surface area (Å²) in [5.41, 5.74) is 2.50. The van der Waals surface area contributed by atoms with Gasteiger partial charge in [-0.1, -0.05) is 41.9 Å². The third kappa shape index (κ3) is 5.18. The molecule has 2 aromatic carbocycles. The lowest BCUT2D eigenvalue weighted by molar-refractivity contribution is -0.134. The quantitative estimate of drug-likeness (QED) is 0.623. The average molecular weight is 485 g/mol. The maximum Gasteiger partial charge on any atom is 0.409 e. The number of carbonyl (C=O) groups is 2. The Morgan fingerprint density at radius 1 is 1.06 bits per heavy atom. The number of ether oxygens (including phenoxy) is 2. The monoisotopic (exact) mass is 484 g/mol. The van der Waals surface area contributed by atoms with Crippen molar-refractivity contribution >= 4 is 29.3 Å². The van der Waals surface area contributed by atoms with Crippen LogP contribution in [0.1, 0.15) is 30.5 Å². The molecule has 180 valence electrons. The van der Waals surface area contributed by atoms with Gasteiger partial charge in [0.2, 0.25) is 0 Å². The Morgan fingerprint density at radius 3 is 2.47 bits per heavy atom. The largest absolute Gasteiger partial charge is 0.496 e. The summed E-state index contributed by atoms with van der Waals surface area (Å²) < 4.78 is 10.6. The molecule has 0 bridgehead atoms. The lowest BCUT2D eigenvalue weighted by Gasteiger charge is -2.34. The molecule has 0 unspecified atom stereocenters. The van der Waals surface area contributed by atoms with Crippen molar-refractivity contribution in [2.45, 2.75) is 19.4 Å². The molecule has 2 aliphatic rings. The van der Waals surface area contributed by atoms with Crippen molar-refractivity contribution in [1.82, 2.24) is 14.8 Å². The van der Waals surface area contributed by atoms with Crippen molar-refractivity contribution in [2.24, 2.45) is 5.10 Å². The van der Waals surface area contributed by atoms with Gasteiger partial charge < -0.3 is 14.4 Å². The van der Waals surface area contributed by atoms with Gasteiger partial charge in [0.1, 0.15) is 5.75 Å². The van der Waals surface area contributed by atoms with Gasteiger partial charge in [0.05, 0.1) is 32.0 Å². The summed E-state index contributed by atoms with van der Waals surface area (Å²) >= 11 is 6.52. The van der Waals surface area contributed by atoms with Gasteiger partial charge in [-0.25, -0.2) is 9.80 Å². The number of amides is 2. The number of hydrazone groups is 1. The van der Waals surface area contributed by atoms with Crippen LogP contribution >= 0.6 is 11.6 Å². The highest BCUT2D eigenvalue weighted by molar-refractivity contribution is 6.31. The number of halogens is 1. The predicted molar refractivity (Wildman–Crippen MR) is 130 cm³/mol. The number of piperazine rings is 1. The Bertz CT molecular complexity index is 1070. The molecule has 0 N–H and O–H groups in total. The smallest absolute Gasteiger partial charge is 0.409 e. The van der Waals surface area contributed by atoms with Gasteiger partial charge in [-0.05, 0) is 30.7 Å². The molecular formula is C25H29ClN4O4. The SMILES string of the molecule is CCOC(=O)N1CCN(CC(=O)N2N=C(c3ccccc3OC)C[C@H]2c2ccccc2Cl)CC1. The fourth-order valence-electron chi connectivity index (χ4n) is 4.34. The normalized spacial score (nSPS) is 18.6. The Labute approximate surface area is 204 Å². The summed E-state index contributed by atoms with van der Waals surface area (Å²) in [6.45, 7) is 4.59. The maximum absolute atomic E-state index is 13.5. The molecule has 9 heteroatoms. The molecule has 0 aromatic heterocycles. The molecule has 2 aliphatic heterocycles. The first-order valence-electron chi connectivity index (χ1n) is 11.4. The van der Waals surface area contributed by atoms with Gasteiger partial charge in [0.15, 0.2) is 0 Å². The van der Waals surface area contributed by atoms with Crippen LogP contribution in [0.2, 0.25) is 5.02 Å². The molecule has 0 saturated carbocycles. The summed E-state index contributed by atoms with van der Waals surface area (Å²) in [6, 6.07) is 14.9. The van der Waals surface area contributed by atoms with E-state index in [1.54, 1.807) is 23.9 Å². The highest BCUT2D eigenvalue weighted by Gasteiger charge is 2.36. The van der Waals surface area contributed by atoms with E-state index < -0.39 is 0 Å². The third-order valence-corrected chi connectivity index (χ3v) is 6.45. The second kappa shape index (κ2) is 10.9. The van der Waals surface area contributed by atoms with Crippen LogP contribution in [0.5, 0.6) is 5.75 Å². The van der Waals surface area contributed by atoms with Crippen LogP contribution in [0.15, 0.2) is 53.6 Å². The van der Waals surface area contributed by atoms with E-state index in [4.69, 9.17) is 26.2 Å². The minimum Gasteiger partial charge on any atom is -0.496 e. The van der Waals surface area contributed by atoms with E-state index in [1.165, 1.54) is 0 Å². The van der Waals surface area contributed by atoms with Crippen LogP contribution in [-0.2, 0) is 9.53 Å². The average Bonchev–Trinajstić information content (AvgIpc) is 3.30. The topological polar surface area (TPSA) is 74.7 Å². The van der Waals surface area contributed by atoms with Crippen molar-refractivity contribution in [2.75, 3.05) is 46.4 Å². The summed E-state index contributed by atoms with van der Waals surface area (Å²) in [5, 5.41) is 6.91. The van der Waals surface area contributed by atoms with Gasteiger partial charge in [-0.15, -0.1) is 0 Å². The lowest BCUT2D eigenvalue weighted by Crippen LogP contribution is -2.51. The first kappa shape index (κ1) is 24.0. The van der Waals surface area contributed by atoms with E-state index in [1.807, 2.05) is 53.4 Å². The molecule has 8 nitrogen and oxygen atoms in total. The van der Waals surface area contributed by atoms with Crippen LogP contribution in [0.25, 0.3) is 0 Å². The second-order valence-electron chi connectivity index (χ2n) is 8.19. The maximum atomic E-state index is 13.5. The van der Waals surface area contributed by atoms with E-state index in [9.17, 15) is 9.59 Å². The summed E-state index contributed by atoms with van der Waals surface area (Å²) in [6.07, 6.45) is 0.227. The number of carbonyl (C=O) groups excluding carboxylic acids is 2. The molecule has 34 heavy (non-hydrogen) atoms. The van der Waals surface area contributed by atoms with Gasteiger partial charge in [-0.3, -0.25) is 9.69 Å². The molecular weight excluding hydrogens is 456 g/mol. The van der Waals surface area contributed by atoms with Crippen LogP contribution < -0.4 is 4.74 Å². The van der Waals surface area contributed by atoms with E-state index >= 15 is 0 Å². The van der Waals surface area contributed by atoms with Crippen LogP contribution in [0.4, 0.5) is 4.79 Å². The summed E-state index contributed by atoms with van der Waals surface area (Å²) in [4.78, 5) is 29.1. The fourth-order valence-corrected chi connectivity index (χ4v) is 4.60. The van der Waals surface area contributed by atoms with Crippen molar-refractivity contribution in [3.05, 3.63) is 64.7 Å². The zero-order valence-electron chi connectivity index (χ0n) is 19.4. The fraction of sp³-hybridized carbons (Fsp3) is 0.400. The first-order chi connectivity index (χ1) is 16.5. The molecule has 1 fully saturated rings. The Morgan fingerprint density at radius 2 is 1.76 bits per heavy atom. The Balaban J connectivity index is 1.53. The lowest BCUT2D eigenvalue weighted by atomic mass is 9.98. The Hall–Kier alpha value is -3.10. The molecule has 1 saturated heterocycles. The third-order valence-electron chi connectivity index (χ3n) is 6.11. The second-order valence-corrected chi connectivity index (χ2v) is 8.60. The van der Waals surface area contributed by atoms with Crippen molar-refractivity contribution in [3.63, 3.8) is 0 Å². The number of hydrogen-bond donors (Lipinski definition) is 0. The first-order valence-corrected chi connectivity index (χ1v) is 11.8. The molecule has 2 amide bonds. The summed E-state index contributed by atoms with van der Waals surface area (Å²) in [7, 11) is 1.62. The van der Waals surface area contributed by atoms with Crippen molar-refractivity contribution in [3.8, 4) is 5.75 Å². The van der Waals surface area contributed by atoms with Gasteiger partial charge in [0, 0.05) is 43.2 Å². The van der Waals surface area contributed by atoms with E-state index in [-0.39, 0.29) is 24.6 Å². The standard InChI is InChI=1S/C25H29ClN4O4/c1-3-34-25(32)29-14-12-28(13-15-29)17-24(31)30-22(18-8-4-6-10-20(18)26)16-21(27-30)19-9-5-7-11-23(19)33-2/h4-11,22H,3,12-17H2,1-2H3/t22-/m0/s1. The van der Waals surface area contributed by atoms with Gasteiger partial charge >= 0.3 is 6.09 Å².